The molecule has 0 radical (unpaired) electrons. The molecule has 3 heteroatoms. The number of rotatable bonds is 0. The first-order chi connectivity index (χ1) is 17.3. The van der Waals surface area contributed by atoms with Gasteiger partial charge in [-0.05, 0) is 105 Å². The van der Waals surface area contributed by atoms with E-state index < -0.39 is 0 Å². The van der Waals surface area contributed by atoms with Crippen LogP contribution in [0.1, 0.15) is 22.3 Å². The van der Waals surface area contributed by atoms with E-state index >= 15 is 0 Å². The molecule has 0 spiro atoms. The van der Waals surface area contributed by atoms with Crippen molar-refractivity contribution in [2.45, 2.75) is 12.8 Å². The minimum atomic E-state index is 0.966. The van der Waals surface area contributed by atoms with Gasteiger partial charge in [-0.25, -0.2) is 4.98 Å². The van der Waals surface area contributed by atoms with E-state index in [-0.39, 0.29) is 0 Å². The number of hydrogen-bond acceptors (Lipinski definition) is 2. The SMILES string of the molecule is c1ccc2c(c1)Cc1cc3c(cc1-2)Cc1cc2c(cc1-3)c1cnccc1n1c3ccccc3nc21. The first kappa shape index (κ1) is 17.9. The van der Waals surface area contributed by atoms with Crippen molar-refractivity contribution in [1.82, 2.24) is 14.4 Å². The maximum atomic E-state index is 5.09. The highest BCUT2D eigenvalue weighted by Gasteiger charge is 2.26. The van der Waals surface area contributed by atoms with Crippen LogP contribution in [0.3, 0.4) is 0 Å². The number of nitrogens with zero attached hydrogens (tertiary/aromatic N) is 3. The number of imidazole rings is 1. The highest BCUT2D eigenvalue weighted by atomic mass is 15.0. The molecule has 0 unspecified atom stereocenters. The first-order valence-corrected chi connectivity index (χ1v) is 12.2. The maximum Gasteiger partial charge on any atom is 0.146 e. The zero-order valence-corrected chi connectivity index (χ0v) is 18.9. The van der Waals surface area contributed by atoms with Gasteiger partial charge in [0.05, 0.1) is 16.6 Å². The molecular weight excluding hydrogens is 426 g/mol. The van der Waals surface area contributed by atoms with E-state index in [1.54, 1.807) is 0 Å². The Balaban J connectivity index is 1.37. The fourth-order valence-corrected chi connectivity index (χ4v) is 6.52. The molecule has 0 aliphatic heterocycles. The fraction of sp³-hybridized carbons (Fsp3) is 0.0625. The van der Waals surface area contributed by atoms with Crippen molar-refractivity contribution in [1.29, 1.82) is 0 Å². The Hall–Kier alpha value is -4.50. The van der Waals surface area contributed by atoms with Crippen molar-refractivity contribution in [3.63, 3.8) is 0 Å². The van der Waals surface area contributed by atoms with Crippen molar-refractivity contribution < 1.29 is 0 Å². The quantitative estimate of drug-likeness (QED) is 0.229. The molecule has 0 atom stereocenters. The van der Waals surface area contributed by atoms with Crippen LogP contribution in [-0.2, 0) is 12.8 Å². The monoisotopic (exact) mass is 445 g/mol. The largest absolute Gasteiger partial charge is 0.292 e. The third-order valence-electron chi connectivity index (χ3n) is 8.06. The fourth-order valence-electron chi connectivity index (χ4n) is 6.52. The second kappa shape index (κ2) is 6.13. The lowest BCUT2D eigenvalue weighted by Crippen LogP contribution is -1.93. The summed E-state index contributed by atoms with van der Waals surface area (Å²) in [4.78, 5) is 9.59. The second-order valence-electron chi connectivity index (χ2n) is 9.88. The third kappa shape index (κ3) is 2.21. The molecule has 35 heavy (non-hydrogen) atoms. The van der Waals surface area contributed by atoms with Crippen LogP contribution in [-0.4, -0.2) is 14.4 Å². The van der Waals surface area contributed by atoms with Gasteiger partial charge in [0, 0.05) is 23.2 Å². The Morgan fingerprint density at radius 3 is 2.26 bits per heavy atom. The molecule has 0 saturated heterocycles. The maximum absolute atomic E-state index is 5.09. The molecule has 0 fully saturated rings. The first-order valence-electron chi connectivity index (χ1n) is 12.2. The summed E-state index contributed by atoms with van der Waals surface area (Å²) in [5.41, 5.74) is 15.6. The number of aromatic nitrogens is 3. The van der Waals surface area contributed by atoms with Gasteiger partial charge in [0.15, 0.2) is 0 Å². The molecule has 0 bridgehead atoms. The molecule has 4 aromatic carbocycles. The van der Waals surface area contributed by atoms with Crippen molar-refractivity contribution in [3.05, 3.63) is 114 Å². The van der Waals surface area contributed by atoms with Gasteiger partial charge < -0.3 is 0 Å². The zero-order chi connectivity index (χ0) is 22.7. The van der Waals surface area contributed by atoms with Gasteiger partial charge in [-0.1, -0.05) is 36.4 Å². The summed E-state index contributed by atoms with van der Waals surface area (Å²) in [6.45, 7) is 0. The lowest BCUT2D eigenvalue weighted by molar-refractivity contribution is 1.24. The average Bonchev–Trinajstić information content (AvgIpc) is 3.57. The Kier molecular flexibility index (Phi) is 3.14. The molecule has 3 aromatic heterocycles. The molecule has 0 saturated carbocycles. The van der Waals surface area contributed by atoms with Crippen LogP contribution >= 0.6 is 0 Å². The van der Waals surface area contributed by atoms with Gasteiger partial charge in [-0.15, -0.1) is 0 Å². The number of hydrogen-bond donors (Lipinski definition) is 0. The Labute approximate surface area is 201 Å². The number of fused-ring (bicyclic) bond motifs is 14. The molecular formula is C32H19N3. The third-order valence-corrected chi connectivity index (χ3v) is 8.06. The van der Waals surface area contributed by atoms with Crippen LogP contribution in [0.15, 0.2) is 91.3 Å². The summed E-state index contributed by atoms with van der Waals surface area (Å²) >= 11 is 0. The van der Waals surface area contributed by atoms with Crippen LogP contribution in [0, 0.1) is 0 Å². The van der Waals surface area contributed by atoms with Crippen molar-refractivity contribution in [2.24, 2.45) is 0 Å². The van der Waals surface area contributed by atoms with E-state index in [2.05, 4.69) is 88.2 Å². The molecule has 7 aromatic rings. The summed E-state index contributed by atoms with van der Waals surface area (Å²) in [7, 11) is 0. The molecule has 3 nitrogen and oxygen atoms in total. The summed E-state index contributed by atoms with van der Waals surface area (Å²) < 4.78 is 2.30. The number of pyridine rings is 2. The number of benzene rings is 4. The van der Waals surface area contributed by atoms with Gasteiger partial charge in [0.2, 0.25) is 0 Å². The molecule has 2 aliphatic rings. The Morgan fingerprint density at radius 2 is 1.31 bits per heavy atom. The van der Waals surface area contributed by atoms with Crippen molar-refractivity contribution in [2.75, 3.05) is 0 Å². The van der Waals surface area contributed by atoms with E-state index in [0.717, 1.165) is 35.0 Å². The predicted molar refractivity (Wildman–Crippen MR) is 142 cm³/mol. The van der Waals surface area contributed by atoms with Gasteiger partial charge >= 0.3 is 0 Å². The normalized spacial score (nSPS) is 13.5. The molecule has 3 heterocycles. The Bertz CT molecular complexity index is 2060. The van der Waals surface area contributed by atoms with Gasteiger partial charge in [-0.3, -0.25) is 9.38 Å². The molecule has 9 rings (SSSR count). The predicted octanol–water partition coefficient (Wildman–Crippen LogP) is 7.33. The molecule has 0 amide bonds. The van der Waals surface area contributed by atoms with Crippen molar-refractivity contribution >= 4 is 38.4 Å². The average molecular weight is 446 g/mol. The van der Waals surface area contributed by atoms with Crippen LogP contribution in [0.25, 0.3) is 60.6 Å². The highest BCUT2D eigenvalue weighted by molar-refractivity contribution is 6.15. The summed E-state index contributed by atoms with van der Waals surface area (Å²) in [5.74, 6) is 0. The summed E-state index contributed by atoms with van der Waals surface area (Å²) in [5, 5.41) is 3.60. The standard InChI is InChI=1S/C32H19N3/c1-2-6-22-18(5-1)11-19-14-24-20(13-23(19)22)12-21-15-27-26(16-25(21)24)28-17-33-10-9-30(28)35-31-8-4-3-7-29(31)34-32(27)35/h1-10,13-17H,11-12H2. The summed E-state index contributed by atoms with van der Waals surface area (Å²) in [6, 6.07) is 29.0. The smallest absolute Gasteiger partial charge is 0.146 e. The molecule has 162 valence electrons. The topological polar surface area (TPSA) is 30.2 Å². The highest BCUT2D eigenvalue weighted by Crippen LogP contribution is 2.46. The lowest BCUT2D eigenvalue weighted by atomic mass is 9.96. The Morgan fingerprint density at radius 1 is 0.571 bits per heavy atom. The number of para-hydroxylation sites is 2. The van der Waals surface area contributed by atoms with Crippen LogP contribution in [0.2, 0.25) is 0 Å². The van der Waals surface area contributed by atoms with Gasteiger partial charge in [0.1, 0.15) is 5.65 Å². The second-order valence-corrected chi connectivity index (χ2v) is 9.88. The van der Waals surface area contributed by atoms with Crippen LogP contribution in [0.4, 0.5) is 0 Å². The van der Waals surface area contributed by atoms with Crippen LogP contribution in [0.5, 0.6) is 0 Å². The minimum Gasteiger partial charge on any atom is -0.292 e. The molecule has 0 N–H and O–H groups in total. The van der Waals surface area contributed by atoms with Crippen molar-refractivity contribution in [3.8, 4) is 22.3 Å². The van der Waals surface area contributed by atoms with E-state index in [1.807, 2.05) is 12.4 Å². The zero-order valence-electron chi connectivity index (χ0n) is 18.9. The summed E-state index contributed by atoms with van der Waals surface area (Å²) in [6.07, 6.45) is 5.88. The minimum absolute atomic E-state index is 0.966. The van der Waals surface area contributed by atoms with E-state index in [1.165, 1.54) is 60.7 Å². The van der Waals surface area contributed by atoms with E-state index in [0.29, 0.717) is 0 Å². The van der Waals surface area contributed by atoms with Gasteiger partial charge in [-0.2, -0.15) is 0 Å². The molecule has 2 aliphatic carbocycles. The van der Waals surface area contributed by atoms with E-state index in [9.17, 15) is 0 Å². The van der Waals surface area contributed by atoms with E-state index in [4.69, 9.17) is 4.98 Å². The lowest BCUT2D eigenvalue weighted by Gasteiger charge is -2.11. The van der Waals surface area contributed by atoms with Crippen LogP contribution < -0.4 is 0 Å². The van der Waals surface area contributed by atoms with Gasteiger partial charge in [0.25, 0.3) is 0 Å².